The van der Waals surface area contributed by atoms with E-state index in [9.17, 15) is 14.4 Å². The van der Waals surface area contributed by atoms with Gasteiger partial charge in [-0.05, 0) is 48.0 Å². The van der Waals surface area contributed by atoms with Gasteiger partial charge in [0, 0.05) is 50.4 Å². The molecule has 7 heteroatoms. The van der Waals surface area contributed by atoms with Gasteiger partial charge in [-0.1, -0.05) is 12.1 Å². The molecule has 0 unspecified atom stereocenters. The molecule has 1 aliphatic heterocycles. The van der Waals surface area contributed by atoms with Gasteiger partial charge in [0.25, 0.3) is 11.8 Å². The molecule has 2 aromatic rings. The number of methoxy groups -OCH3 is 1. The maximum Gasteiger partial charge on any atom is 0.253 e. The maximum absolute atomic E-state index is 12.6. The molecule has 156 valence electrons. The number of carbonyl (C=O) groups is 3. The van der Waals surface area contributed by atoms with Gasteiger partial charge in [-0.2, -0.15) is 0 Å². The van der Waals surface area contributed by atoms with Crippen LogP contribution in [0.5, 0.6) is 5.75 Å². The summed E-state index contributed by atoms with van der Waals surface area (Å²) in [5.41, 5.74) is 2.01. The van der Waals surface area contributed by atoms with E-state index in [1.54, 1.807) is 78.6 Å². The molecule has 3 amide bonds. The Balaban J connectivity index is 1.52. The minimum absolute atomic E-state index is 0.0449. The standard InChI is InChI=1S/C23H25N3O4/c1-24-22(28)18-6-3-17(4-7-18)5-12-21(27)25-13-15-26(16-14-25)23(29)19-8-10-20(30-2)11-9-19/h3-12H,13-16H2,1-2H3,(H,24,28)/b12-5+. The second-order valence-corrected chi connectivity index (χ2v) is 6.88. The first kappa shape index (κ1) is 21.1. The van der Waals surface area contributed by atoms with Gasteiger partial charge in [0.1, 0.15) is 5.75 Å². The van der Waals surface area contributed by atoms with E-state index < -0.39 is 0 Å². The highest BCUT2D eigenvalue weighted by molar-refractivity contribution is 5.96. The molecule has 7 nitrogen and oxygen atoms in total. The zero-order valence-electron chi connectivity index (χ0n) is 17.1. The van der Waals surface area contributed by atoms with E-state index in [2.05, 4.69) is 5.32 Å². The summed E-state index contributed by atoms with van der Waals surface area (Å²) in [5, 5.41) is 2.57. The van der Waals surface area contributed by atoms with Crippen LogP contribution in [-0.2, 0) is 4.79 Å². The molecule has 0 aliphatic carbocycles. The summed E-state index contributed by atoms with van der Waals surface area (Å²) in [6, 6.07) is 14.0. The van der Waals surface area contributed by atoms with Crippen molar-refractivity contribution < 1.29 is 19.1 Å². The predicted molar refractivity (Wildman–Crippen MR) is 114 cm³/mol. The van der Waals surface area contributed by atoms with E-state index in [0.29, 0.717) is 43.1 Å². The SMILES string of the molecule is CNC(=O)c1ccc(/C=C/C(=O)N2CCN(C(=O)c3ccc(OC)cc3)CC2)cc1. The Hall–Kier alpha value is -3.61. The molecular formula is C23H25N3O4. The van der Waals surface area contributed by atoms with Crippen LogP contribution >= 0.6 is 0 Å². The van der Waals surface area contributed by atoms with Gasteiger partial charge in [0.05, 0.1) is 7.11 Å². The smallest absolute Gasteiger partial charge is 0.253 e. The monoisotopic (exact) mass is 407 g/mol. The number of benzene rings is 2. The summed E-state index contributed by atoms with van der Waals surface area (Å²) >= 11 is 0. The van der Waals surface area contributed by atoms with Crippen molar-refractivity contribution in [3.63, 3.8) is 0 Å². The Kier molecular flexibility index (Phi) is 6.85. The molecule has 1 heterocycles. The fourth-order valence-corrected chi connectivity index (χ4v) is 3.21. The minimum atomic E-state index is -0.149. The van der Waals surface area contributed by atoms with Gasteiger partial charge in [0.2, 0.25) is 5.91 Å². The topological polar surface area (TPSA) is 79.0 Å². The third kappa shape index (κ3) is 5.05. The third-order valence-electron chi connectivity index (χ3n) is 5.03. The van der Waals surface area contributed by atoms with Gasteiger partial charge < -0.3 is 19.9 Å². The third-order valence-corrected chi connectivity index (χ3v) is 5.03. The van der Waals surface area contributed by atoms with Crippen molar-refractivity contribution in [1.29, 1.82) is 0 Å². The molecule has 3 rings (SSSR count). The quantitative estimate of drug-likeness (QED) is 0.770. The molecule has 1 N–H and O–H groups in total. The van der Waals surface area contributed by atoms with Crippen LogP contribution in [0, 0.1) is 0 Å². The van der Waals surface area contributed by atoms with Gasteiger partial charge in [-0.25, -0.2) is 0 Å². The van der Waals surface area contributed by atoms with Crippen LogP contribution in [-0.4, -0.2) is 67.9 Å². The van der Waals surface area contributed by atoms with E-state index in [0.717, 1.165) is 5.56 Å². The largest absolute Gasteiger partial charge is 0.497 e. The Bertz CT molecular complexity index is 928. The molecule has 30 heavy (non-hydrogen) atoms. The van der Waals surface area contributed by atoms with Crippen molar-refractivity contribution >= 4 is 23.8 Å². The Morgan fingerprint density at radius 3 is 2.00 bits per heavy atom. The maximum atomic E-state index is 12.6. The lowest BCUT2D eigenvalue weighted by atomic mass is 10.1. The van der Waals surface area contributed by atoms with Crippen molar-refractivity contribution in [1.82, 2.24) is 15.1 Å². The average Bonchev–Trinajstić information content (AvgIpc) is 2.82. The summed E-state index contributed by atoms with van der Waals surface area (Å²) < 4.78 is 5.12. The molecule has 1 saturated heterocycles. The van der Waals surface area contributed by atoms with E-state index in [-0.39, 0.29) is 17.7 Å². The van der Waals surface area contributed by atoms with Crippen LogP contribution in [0.1, 0.15) is 26.3 Å². The normalized spacial score (nSPS) is 13.9. The first-order valence-electron chi connectivity index (χ1n) is 9.74. The number of rotatable bonds is 5. The van der Waals surface area contributed by atoms with Crippen LogP contribution in [0.4, 0.5) is 0 Å². The van der Waals surface area contributed by atoms with E-state index in [4.69, 9.17) is 4.74 Å². The van der Waals surface area contributed by atoms with E-state index in [1.807, 2.05) is 0 Å². The summed E-state index contributed by atoms with van der Waals surface area (Å²) in [6.07, 6.45) is 3.25. The lowest BCUT2D eigenvalue weighted by molar-refractivity contribution is -0.127. The summed E-state index contributed by atoms with van der Waals surface area (Å²) in [4.78, 5) is 40.1. The number of nitrogens with one attached hydrogen (secondary N) is 1. The fraction of sp³-hybridized carbons (Fsp3) is 0.261. The average molecular weight is 407 g/mol. The number of carbonyl (C=O) groups excluding carboxylic acids is 3. The fourth-order valence-electron chi connectivity index (χ4n) is 3.21. The number of amides is 3. The highest BCUT2D eigenvalue weighted by Crippen LogP contribution is 2.15. The zero-order chi connectivity index (χ0) is 21.5. The Morgan fingerprint density at radius 1 is 0.867 bits per heavy atom. The molecule has 0 spiro atoms. The van der Waals surface area contributed by atoms with Crippen LogP contribution in [0.3, 0.4) is 0 Å². The lowest BCUT2D eigenvalue weighted by Gasteiger charge is -2.34. The van der Waals surface area contributed by atoms with Crippen molar-refractivity contribution in [3.8, 4) is 5.75 Å². The number of nitrogens with zero attached hydrogens (tertiary/aromatic N) is 2. The van der Waals surface area contributed by atoms with E-state index >= 15 is 0 Å². The van der Waals surface area contributed by atoms with Crippen LogP contribution in [0.2, 0.25) is 0 Å². The molecule has 0 saturated carbocycles. The predicted octanol–water partition coefficient (Wildman–Crippen LogP) is 2.05. The van der Waals surface area contributed by atoms with Crippen molar-refractivity contribution in [2.75, 3.05) is 40.3 Å². The summed E-state index contributed by atoms with van der Waals surface area (Å²) in [6.45, 7) is 1.96. The first-order chi connectivity index (χ1) is 14.5. The summed E-state index contributed by atoms with van der Waals surface area (Å²) in [5.74, 6) is 0.416. The molecule has 2 aromatic carbocycles. The number of hydrogen-bond donors (Lipinski definition) is 1. The van der Waals surface area contributed by atoms with Crippen LogP contribution in [0.25, 0.3) is 6.08 Å². The highest BCUT2D eigenvalue weighted by atomic mass is 16.5. The van der Waals surface area contributed by atoms with Gasteiger partial charge in [-0.15, -0.1) is 0 Å². The zero-order valence-corrected chi connectivity index (χ0v) is 17.1. The van der Waals surface area contributed by atoms with Gasteiger partial charge in [-0.3, -0.25) is 14.4 Å². The van der Waals surface area contributed by atoms with E-state index in [1.165, 1.54) is 6.08 Å². The number of ether oxygens (including phenoxy) is 1. The first-order valence-corrected chi connectivity index (χ1v) is 9.74. The molecular weight excluding hydrogens is 382 g/mol. The number of hydrogen-bond acceptors (Lipinski definition) is 4. The second kappa shape index (κ2) is 9.73. The molecule has 0 atom stereocenters. The molecule has 0 aromatic heterocycles. The van der Waals surface area contributed by atoms with Crippen molar-refractivity contribution in [3.05, 3.63) is 71.3 Å². The molecule has 0 radical (unpaired) electrons. The Labute approximate surface area is 175 Å². The number of piperazine rings is 1. The minimum Gasteiger partial charge on any atom is -0.497 e. The Morgan fingerprint density at radius 2 is 1.43 bits per heavy atom. The summed E-state index contributed by atoms with van der Waals surface area (Å²) in [7, 11) is 3.17. The lowest BCUT2D eigenvalue weighted by Crippen LogP contribution is -2.50. The molecule has 1 fully saturated rings. The second-order valence-electron chi connectivity index (χ2n) is 6.88. The van der Waals surface area contributed by atoms with Crippen molar-refractivity contribution in [2.45, 2.75) is 0 Å². The highest BCUT2D eigenvalue weighted by Gasteiger charge is 2.23. The molecule has 1 aliphatic rings. The molecule has 0 bridgehead atoms. The van der Waals surface area contributed by atoms with Crippen LogP contribution < -0.4 is 10.1 Å². The van der Waals surface area contributed by atoms with Crippen molar-refractivity contribution in [2.24, 2.45) is 0 Å². The van der Waals surface area contributed by atoms with Gasteiger partial charge in [0.15, 0.2) is 0 Å². The van der Waals surface area contributed by atoms with Gasteiger partial charge >= 0.3 is 0 Å². The van der Waals surface area contributed by atoms with Crippen LogP contribution in [0.15, 0.2) is 54.6 Å².